The second-order valence-corrected chi connectivity index (χ2v) is 5.42. The first-order valence-corrected chi connectivity index (χ1v) is 6.91. The molecule has 3 rings (SSSR count). The van der Waals surface area contributed by atoms with Gasteiger partial charge in [-0.2, -0.15) is 0 Å². The number of amides is 1. The number of carbonyl (C=O) groups is 1. The van der Waals surface area contributed by atoms with Crippen LogP contribution < -0.4 is 0 Å². The van der Waals surface area contributed by atoms with Crippen LogP contribution in [0.15, 0.2) is 24.4 Å². The molecule has 1 saturated heterocycles. The lowest BCUT2D eigenvalue weighted by molar-refractivity contribution is 0.0710. The van der Waals surface area contributed by atoms with Crippen molar-refractivity contribution in [3.8, 4) is 0 Å². The molecule has 0 aliphatic carbocycles. The zero-order valence-electron chi connectivity index (χ0n) is 11.9. The van der Waals surface area contributed by atoms with E-state index in [1.807, 2.05) is 0 Å². The summed E-state index contributed by atoms with van der Waals surface area (Å²) in [6.45, 7) is 1.86. The highest BCUT2D eigenvalue weighted by Gasteiger charge is 2.36. The largest absolute Gasteiger partial charge is 0.391 e. The minimum Gasteiger partial charge on any atom is -0.391 e. The van der Waals surface area contributed by atoms with Gasteiger partial charge >= 0.3 is 0 Å². The Morgan fingerprint density at radius 1 is 1.41 bits per heavy atom. The number of aliphatic hydroxyl groups is 1. The fourth-order valence-electron chi connectivity index (χ4n) is 2.76. The number of benzene rings is 1. The maximum Gasteiger partial charge on any atom is 0.272 e. The molecular weight excluding hydrogens is 292 g/mol. The number of halogens is 2. The van der Waals surface area contributed by atoms with Crippen molar-refractivity contribution in [1.82, 2.24) is 14.9 Å². The minimum absolute atomic E-state index is 0.139. The Kier molecular flexibility index (Phi) is 3.66. The molecule has 0 spiro atoms. The fourth-order valence-corrected chi connectivity index (χ4v) is 2.76. The standard InChI is InChI=1S/C15H15F2N3O2/c1-8-18-6-13(19-8)15(22)20-7-10(21)5-14(20)9-2-3-11(16)12(17)4-9/h2-4,6,10,14,21H,5,7H2,1H3,(H,18,19)/t10-,14-/m0/s1. The van der Waals surface area contributed by atoms with Crippen molar-refractivity contribution in [1.29, 1.82) is 0 Å². The molecular formula is C15H15F2N3O2. The topological polar surface area (TPSA) is 69.2 Å². The number of hydrogen-bond acceptors (Lipinski definition) is 3. The van der Waals surface area contributed by atoms with Gasteiger partial charge < -0.3 is 15.0 Å². The SMILES string of the molecule is Cc1ncc(C(=O)N2C[C@@H](O)C[C@H]2c2ccc(F)c(F)c2)[nH]1. The van der Waals surface area contributed by atoms with Crippen LogP contribution in [0, 0.1) is 18.6 Å². The van der Waals surface area contributed by atoms with Crippen LogP contribution in [0.2, 0.25) is 0 Å². The normalized spacial score (nSPS) is 21.4. The molecule has 1 aromatic heterocycles. The van der Waals surface area contributed by atoms with E-state index in [0.717, 1.165) is 12.1 Å². The van der Waals surface area contributed by atoms with Gasteiger partial charge in [-0.15, -0.1) is 0 Å². The molecule has 1 aromatic carbocycles. The van der Waals surface area contributed by atoms with E-state index < -0.39 is 23.8 Å². The lowest BCUT2D eigenvalue weighted by Crippen LogP contribution is -2.32. The molecule has 5 nitrogen and oxygen atoms in total. The molecule has 0 radical (unpaired) electrons. The van der Waals surface area contributed by atoms with Crippen LogP contribution in [0.4, 0.5) is 8.78 Å². The molecule has 1 aliphatic rings. The van der Waals surface area contributed by atoms with Crippen molar-refractivity contribution < 1.29 is 18.7 Å². The third-order valence-electron chi connectivity index (χ3n) is 3.80. The Hall–Kier alpha value is -2.28. The highest BCUT2D eigenvalue weighted by atomic mass is 19.2. The Morgan fingerprint density at radius 2 is 2.18 bits per heavy atom. The van der Waals surface area contributed by atoms with Gasteiger partial charge in [-0.25, -0.2) is 13.8 Å². The summed E-state index contributed by atoms with van der Waals surface area (Å²) < 4.78 is 26.5. The van der Waals surface area contributed by atoms with Crippen molar-refractivity contribution in [2.75, 3.05) is 6.54 Å². The van der Waals surface area contributed by atoms with Crippen LogP contribution in [-0.2, 0) is 0 Å². The van der Waals surface area contributed by atoms with E-state index >= 15 is 0 Å². The molecule has 1 fully saturated rings. The fraction of sp³-hybridized carbons (Fsp3) is 0.333. The number of nitrogens with zero attached hydrogens (tertiary/aromatic N) is 2. The number of aliphatic hydroxyl groups excluding tert-OH is 1. The van der Waals surface area contributed by atoms with Gasteiger partial charge in [0.25, 0.3) is 5.91 Å². The number of nitrogens with one attached hydrogen (secondary N) is 1. The molecule has 2 atom stereocenters. The smallest absolute Gasteiger partial charge is 0.272 e. The zero-order valence-corrected chi connectivity index (χ0v) is 11.9. The lowest BCUT2D eigenvalue weighted by Gasteiger charge is -2.24. The summed E-state index contributed by atoms with van der Waals surface area (Å²) in [7, 11) is 0. The molecule has 7 heteroatoms. The van der Waals surface area contributed by atoms with Crippen molar-refractivity contribution in [3.05, 3.63) is 53.1 Å². The molecule has 2 aromatic rings. The van der Waals surface area contributed by atoms with E-state index in [1.165, 1.54) is 17.2 Å². The average Bonchev–Trinajstić information content (AvgIpc) is 3.07. The first-order valence-electron chi connectivity index (χ1n) is 6.91. The number of carbonyl (C=O) groups excluding carboxylic acids is 1. The predicted molar refractivity (Wildman–Crippen MR) is 74.1 cm³/mol. The number of β-amino-alcohol motifs (C(OH)–C–C–N with tert-alkyl or cyclic N) is 1. The number of aromatic amines is 1. The van der Waals surface area contributed by atoms with Crippen LogP contribution in [-0.4, -0.2) is 38.5 Å². The Labute approximate surface area is 125 Å². The summed E-state index contributed by atoms with van der Waals surface area (Å²) in [5.41, 5.74) is 0.763. The van der Waals surface area contributed by atoms with Gasteiger partial charge in [-0.1, -0.05) is 6.07 Å². The van der Waals surface area contributed by atoms with Crippen LogP contribution in [0.1, 0.15) is 34.3 Å². The first-order chi connectivity index (χ1) is 10.5. The summed E-state index contributed by atoms with van der Waals surface area (Å²) in [6, 6.07) is 3.02. The van der Waals surface area contributed by atoms with E-state index in [1.54, 1.807) is 6.92 Å². The molecule has 22 heavy (non-hydrogen) atoms. The molecule has 0 saturated carbocycles. The van der Waals surface area contributed by atoms with Gasteiger partial charge in [0.2, 0.25) is 0 Å². The number of imidazole rings is 1. The Balaban J connectivity index is 1.91. The Morgan fingerprint density at radius 3 is 2.82 bits per heavy atom. The maximum atomic E-state index is 13.4. The second-order valence-electron chi connectivity index (χ2n) is 5.42. The molecule has 2 N–H and O–H groups in total. The van der Waals surface area contributed by atoms with Gasteiger partial charge in [0.05, 0.1) is 18.3 Å². The van der Waals surface area contributed by atoms with Crippen LogP contribution >= 0.6 is 0 Å². The number of aromatic nitrogens is 2. The molecule has 2 heterocycles. The monoisotopic (exact) mass is 307 g/mol. The number of likely N-dealkylation sites (tertiary alicyclic amines) is 1. The van der Waals surface area contributed by atoms with Crippen LogP contribution in [0.3, 0.4) is 0 Å². The van der Waals surface area contributed by atoms with Crippen LogP contribution in [0.5, 0.6) is 0 Å². The number of aryl methyl sites for hydroxylation is 1. The van der Waals surface area contributed by atoms with E-state index in [4.69, 9.17) is 0 Å². The summed E-state index contributed by atoms with van der Waals surface area (Å²) in [6.07, 6.45) is 1.00. The van der Waals surface area contributed by atoms with Gasteiger partial charge in [0.1, 0.15) is 11.5 Å². The zero-order chi connectivity index (χ0) is 15.9. The van der Waals surface area contributed by atoms with E-state index in [9.17, 15) is 18.7 Å². The molecule has 0 bridgehead atoms. The van der Waals surface area contributed by atoms with E-state index in [0.29, 0.717) is 17.1 Å². The lowest BCUT2D eigenvalue weighted by atomic mass is 10.0. The third-order valence-corrected chi connectivity index (χ3v) is 3.80. The molecule has 1 amide bonds. The van der Waals surface area contributed by atoms with Gasteiger partial charge in [0, 0.05) is 6.54 Å². The first kappa shape index (κ1) is 14.6. The van der Waals surface area contributed by atoms with Crippen molar-refractivity contribution in [2.45, 2.75) is 25.5 Å². The van der Waals surface area contributed by atoms with Crippen LogP contribution in [0.25, 0.3) is 0 Å². The predicted octanol–water partition coefficient (Wildman–Crippen LogP) is 1.94. The Bertz CT molecular complexity index is 717. The minimum atomic E-state index is -0.969. The summed E-state index contributed by atoms with van der Waals surface area (Å²) in [5.74, 6) is -1.63. The summed E-state index contributed by atoms with van der Waals surface area (Å²) in [4.78, 5) is 20.8. The van der Waals surface area contributed by atoms with E-state index in [-0.39, 0.29) is 18.9 Å². The highest BCUT2D eigenvalue weighted by Crippen LogP contribution is 2.33. The van der Waals surface area contributed by atoms with Crippen molar-refractivity contribution in [2.24, 2.45) is 0 Å². The van der Waals surface area contributed by atoms with Crippen molar-refractivity contribution in [3.63, 3.8) is 0 Å². The quantitative estimate of drug-likeness (QED) is 0.891. The number of hydrogen-bond donors (Lipinski definition) is 2. The highest BCUT2D eigenvalue weighted by molar-refractivity contribution is 5.92. The molecule has 1 aliphatic heterocycles. The average molecular weight is 307 g/mol. The van der Waals surface area contributed by atoms with Gasteiger partial charge in [-0.05, 0) is 31.0 Å². The number of H-pyrrole nitrogens is 1. The second kappa shape index (κ2) is 5.49. The summed E-state index contributed by atoms with van der Waals surface area (Å²) in [5, 5.41) is 9.87. The third kappa shape index (κ3) is 2.59. The summed E-state index contributed by atoms with van der Waals surface area (Å²) >= 11 is 0. The molecule has 116 valence electrons. The van der Waals surface area contributed by atoms with E-state index in [2.05, 4.69) is 9.97 Å². The van der Waals surface area contributed by atoms with Gasteiger partial charge in [-0.3, -0.25) is 4.79 Å². The van der Waals surface area contributed by atoms with Gasteiger partial charge in [0.15, 0.2) is 11.6 Å². The van der Waals surface area contributed by atoms with Crippen molar-refractivity contribution >= 4 is 5.91 Å². The molecule has 0 unspecified atom stereocenters. The maximum absolute atomic E-state index is 13.4. The number of rotatable bonds is 2.